The molecule has 0 atom stereocenters. The van der Waals surface area contributed by atoms with Crippen molar-refractivity contribution in [1.29, 1.82) is 0 Å². The number of rotatable bonds is 3. The van der Waals surface area contributed by atoms with E-state index in [0.717, 1.165) is 0 Å². The van der Waals surface area contributed by atoms with Gasteiger partial charge in [0.1, 0.15) is 11.3 Å². The summed E-state index contributed by atoms with van der Waals surface area (Å²) in [7, 11) is 1.31. The predicted octanol–water partition coefficient (Wildman–Crippen LogP) is 3.34. The van der Waals surface area contributed by atoms with E-state index in [2.05, 4.69) is 15.0 Å². The van der Waals surface area contributed by atoms with Crippen molar-refractivity contribution in [2.45, 2.75) is 6.92 Å². The van der Waals surface area contributed by atoms with Gasteiger partial charge < -0.3 is 10.1 Å². The van der Waals surface area contributed by atoms with Gasteiger partial charge in [0.15, 0.2) is 0 Å². The fourth-order valence-corrected chi connectivity index (χ4v) is 2.60. The predicted molar refractivity (Wildman–Crippen MR) is 90.7 cm³/mol. The van der Waals surface area contributed by atoms with Gasteiger partial charge in [-0.1, -0.05) is 17.7 Å². The van der Waals surface area contributed by atoms with Gasteiger partial charge in [-0.2, -0.15) is 0 Å². The smallest absolute Gasteiger partial charge is 0.337 e. The minimum Gasteiger partial charge on any atom is -0.465 e. The minimum atomic E-state index is -0.466. The van der Waals surface area contributed by atoms with E-state index in [1.165, 1.54) is 7.11 Å². The molecular weight excluding hydrogens is 330 g/mol. The van der Waals surface area contributed by atoms with Gasteiger partial charge in [0, 0.05) is 23.0 Å². The number of nitrogens with zero attached hydrogens (tertiary/aromatic N) is 2. The van der Waals surface area contributed by atoms with Gasteiger partial charge >= 0.3 is 5.97 Å². The van der Waals surface area contributed by atoms with Gasteiger partial charge in [0.25, 0.3) is 5.91 Å². The number of hydrogen-bond acceptors (Lipinski definition) is 4. The highest BCUT2D eigenvalue weighted by atomic mass is 35.5. The van der Waals surface area contributed by atoms with Crippen LogP contribution in [0.5, 0.6) is 0 Å². The van der Waals surface area contributed by atoms with Crippen molar-refractivity contribution < 1.29 is 14.3 Å². The third kappa shape index (κ3) is 2.96. The monoisotopic (exact) mass is 343 g/mol. The van der Waals surface area contributed by atoms with E-state index in [4.69, 9.17) is 11.6 Å². The number of methoxy groups -OCH3 is 1. The number of pyridine rings is 1. The zero-order valence-electron chi connectivity index (χ0n) is 13.0. The molecule has 0 aliphatic heterocycles. The van der Waals surface area contributed by atoms with Crippen LogP contribution in [-0.2, 0) is 4.74 Å². The molecule has 0 spiro atoms. The Bertz CT molecular complexity index is 949. The Morgan fingerprint density at radius 2 is 2.04 bits per heavy atom. The number of aryl methyl sites for hydroxylation is 1. The Morgan fingerprint density at radius 1 is 1.25 bits per heavy atom. The Hall–Kier alpha value is -2.86. The summed E-state index contributed by atoms with van der Waals surface area (Å²) in [6, 6.07) is 9.90. The van der Waals surface area contributed by atoms with Gasteiger partial charge in [-0.25, -0.2) is 9.78 Å². The van der Waals surface area contributed by atoms with Crippen molar-refractivity contribution in [3.05, 3.63) is 64.6 Å². The van der Waals surface area contributed by atoms with E-state index < -0.39 is 5.97 Å². The maximum atomic E-state index is 12.6. The normalized spacial score (nSPS) is 10.6. The standard InChI is InChI=1S/C17H14ClN3O3/c1-10-15(21-7-6-12(18)9-14(21)19-10)16(22)20-13-5-3-4-11(8-13)17(23)24-2/h3-9H,1-2H3,(H,20,22). The van der Waals surface area contributed by atoms with Crippen molar-refractivity contribution in [2.75, 3.05) is 12.4 Å². The van der Waals surface area contributed by atoms with E-state index in [1.54, 1.807) is 53.9 Å². The second-order valence-electron chi connectivity index (χ2n) is 5.15. The minimum absolute atomic E-state index is 0.329. The summed E-state index contributed by atoms with van der Waals surface area (Å²) in [5.41, 5.74) is 2.43. The molecule has 24 heavy (non-hydrogen) atoms. The third-order valence-corrected chi connectivity index (χ3v) is 3.75. The first-order valence-electron chi connectivity index (χ1n) is 7.13. The van der Waals surface area contributed by atoms with Crippen molar-refractivity contribution in [2.24, 2.45) is 0 Å². The molecule has 1 aromatic carbocycles. The molecule has 0 aliphatic rings. The van der Waals surface area contributed by atoms with Crippen LogP contribution in [0.3, 0.4) is 0 Å². The summed E-state index contributed by atoms with van der Waals surface area (Å²) >= 11 is 5.95. The number of halogens is 1. The lowest BCUT2D eigenvalue weighted by molar-refractivity contribution is 0.0600. The number of carbonyl (C=O) groups excluding carboxylic acids is 2. The number of imidazole rings is 1. The second-order valence-corrected chi connectivity index (χ2v) is 5.58. The first kappa shape index (κ1) is 16.0. The quantitative estimate of drug-likeness (QED) is 0.740. The molecule has 3 aromatic rings. The molecule has 6 nitrogen and oxygen atoms in total. The van der Waals surface area contributed by atoms with Crippen LogP contribution in [0.2, 0.25) is 5.02 Å². The maximum Gasteiger partial charge on any atom is 0.337 e. The molecule has 0 radical (unpaired) electrons. The number of hydrogen-bond donors (Lipinski definition) is 1. The number of nitrogens with one attached hydrogen (secondary N) is 1. The number of amides is 1. The first-order valence-corrected chi connectivity index (χ1v) is 7.51. The lowest BCUT2D eigenvalue weighted by Gasteiger charge is -2.07. The first-order chi connectivity index (χ1) is 11.5. The average molecular weight is 344 g/mol. The Morgan fingerprint density at radius 3 is 2.79 bits per heavy atom. The fourth-order valence-electron chi connectivity index (χ4n) is 2.44. The van der Waals surface area contributed by atoms with Gasteiger partial charge in [0.05, 0.1) is 18.4 Å². The lowest BCUT2D eigenvalue weighted by atomic mass is 10.2. The lowest BCUT2D eigenvalue weighted by Crippen LogP contribution is -2.16. The molecule has 122 valence electrons. The molecule has 0 bridgehead atoms. The Balaban J connectivity index is 1.93. The van der Waals surface area contributed by atoms with Crippen LogP contribution >= 0.6 is 11.6 Å². The molecule has 1 amide bonds. The van der Waals surface area contributed by atoms with Crippen molar-refractivity contribution in [3.63, 3.8) is 0 Å². The van der Waals surface area contributed by atoms with Crippen LogP contribution in [0, 0.1) is 6.92 Å². The van der Waals surface area contributed by atoms with E-state index in [0.29, 0.717) is 33.3 Å². The van der Waals surface area contributed by atoms with E-state index in [9.17, 15) is 9.59 Å². The SMILES string of the molecule is COC(=O)c1cccc(NC(=O)c2c(C)nc3cc(Cl)ccn23)c1. The van der Waals surface area contributed by atoms with Crippen LogP contribution in [0.4, 0.5) is 5.69 Å². The Labute approximate surface area is 143 Å². The topological polar surface area (TPSA) is 72.7 Å². The van der Waals surface area contributed by atoms with Crippen LogP contribution in [0.25, 0.3) is 5.65 Å². The average Bonchev–Trinajstić information content (AvgIpc) is 2.89. The maximum absolute atomic E-state index is 12.6. The molecule has 2 aromatic heterocycles. The fraction of sp³-hybridized carbons (Fsp3) is 0.118. The summed E-state index contributed by atoms with van der Waals surface area (Å²) in [5, 5.41) is 3.32. The van der Waals surface area contributed by atoms with Crippen LogP contribution in [0.15, 0.2) is 42.6 Å². The number of esters is 1. The van der Waals surface area contributed by atoms with Gasteiger partial charge in [0.2, 0.25) is 0 Å². The Kier molecular flexibility index (Phi) is 4.22. The van der Waals surface area contributed by atoms with Crippen molar-refractivity contribution in [3.8, 4) is 0 Å². The molecule has 7 heteroatoms. The highest BCUT2D eigenvalue weighted by molar-refractivity contribution is 6.30. The summed E-state index contributed by atoms with van der Waals surface area (Å²) in [5.74, 6) is -0.795. The van der Waals surface area contributed by atoms with E-state index >= 15 is 0 Å². The number of benzene rings is 1. The number of aromatic nitrogens is 2. The summed E-state index contributed by atoms with van der Waals surface area (Å²) in [6.07, 6.45) is 1.69. The molecular formula is C17H14ClN3O3. The molecule has 0 saturated heterocycles. The van der Waals surface area contributed by atoms with Crippen LogP contribution in [-0.4, -0.2) is 28.4 Å². The highest BCUT2D eigenvalue weighted by Crippen LogP contribution is 2.18. The summed E-state index contributed by atoms with van der Waals surface area (Å²) in [6.45, 7) is 1.75. The molecule has 1 N–H and O–H groups in total. The number of ether oxygens (including phenoxy) is 1. The van der Waals surface area contributed by atoms with Gasteiger partial charge in [-0.15, -0.1) is 0 Å². The zero-order chi connectivity index (χ0) is 17.3. The number of fused-ring (bicyclic) bond motifs is 1. The van der Waals surface area contributed by atoms with Crippen molar-refractivity contribution in [1.82, 2.24) is 9.38 Å². The van der Waals surface area contributed by atoms with E-state index in [1.807, 2.05) is 0 Å². The highest BCUT2D eigenvalue weighted by Gasteiger charge is 2.17. The largest absolute Gasteiger partial charge is 0.465 e. The number of carbonyl (C=O) groups is 2. The molecule has 0 aliphatic carbocycles. The third-order valence-electron chi connectivity index (χ3n) is 3.52. The van der Waals surface area contributed by atoms with Crippen LogP contribution < -0.4 is 5.32 Å². The molecule has 2 heterocycles. The molecule has 0 saturated carbocycles. The molecule has 3 rings (SSSR count). The number of anilines is 1. The summed E-state index contributed by atoms with van der Waals surface area (Å²) in [4.78, 5) is 28.5. The summed E-state index contributed by atoms with van der Waals surface area (Å²) < 4.78 is 6.35. The van der Waals surface area contributed by atoms with Crippen molar-refractivity contribution >= 4 is 34.8 Å². The van der Waals surface area contributed by atoms with E-state index in [-0.39, 0.29) is 5.91 Å². The molecule has 0 fully saturated rings. The van der Waals surface area contributed by atoms with Gasteiger partial charge in [-0.3, -0.25) is 9.20 Å². The second kappa shape index (κ2) is 6.33. The van der Waals surface area contributed by atoms with Crippen LogP contribution in [0.1, 0.15) is 26.5 Å². The zero-order valence-corrected chi connectivity index (χ0v) is 13.8. The molecule has 0 unspecified atom stereocenters. The van der Waals surface area contributed by atoms with Gasteiger partial charge in [-0.05, 0) is 31.2 Å².